The molecule has 0 radical (unpaired) electrons. The molecule has 4 heteroatoms. The summed E-state index contributed by atoms with van der Waals surface area (Å²) < 4.78 is 5.74. The second-order valence-electron chi connectivity index (χ2n) is 4.80. The summed E-state index contributed by atoms with van der Waals surface area (Å²) in [6, 6.07) is 6.00. The summed E-state index contributed by atoms with van der Waals surface area (Å²) in [5, 5.41) is 9.98. The monoisotopic (exact) mass is 255 g/mol. The molecule has 2 heterocycles. The van der Waals surface area contributed by atoms with E-state index in [9.17, 15) is 5.11 Å². The van der Waals surface area contributed by atoms with Crippen LogP contribution in [0.15, 0.2) is 18.2 Å². The smallest absolute Gasteiger partial charge is 0.126 e. The van der Waals surface area contributed by atoms with Crippen LogP contribution in [0.3, 0.4) is 0 Å². The van der Waals surface area contributed by atoms with Gasteiger partial charge in [-0.1, -0.05) is 6.07 Å². The van der Waals surface area contributed by atoms with Gasteiger partial charge in [-0.25, -0.2) is 0 Å². The number of nitrogens with zero attached hydrogens (tertiary/aromatic N) is 1. The van der Waals surface area contributed by atoms with Crippen LogP contribution in [0.4, 0.5) is 0 Å². The number of hydrogen-bond donors (Lipinski definition) is 1. The molecular weight excluding hydrogens is 238 g/mol. The molecule has 0 aromatic heterocycles. The molecule has 17 heavy (non-hydrogen) atoms. The summed E-state index contributed by atoms with van der Waals surface area (Å²) in [5.41, 5.74) is 1.02. The first-order valence-corrected chi connectivity index (χ1v) is 5.92. The van der Waals surface area contributed by atoms with E-state index in [1.165, 1.54) is 6.42 Å². The van der Waals surface area contributed by atoms with E-state index in [1.54, 1.807) is 6.07 Å². The normalized spacial score (nSPS) is 27.4. The van der Waals surface area contributed by atoms with Crippen molar-refractivity contribution in [3.8, 4) is 11.5 Å². The van der Waals surface area contributed by atoms with E-state index >= 15 is 0 Å². The fraction of sp³-hybridized carbons (Fsp3) is 0.538. The third-order valence-corrected chi connectivity index (χ3v) is 3.88. The second kappa shape index (κ2) is 4.75. The van der Waals surface area contributed by atoms with Crippen molar-refractivity contribution in [3.05, 3.63) is 23.8 Å². The summed E-state index contributed by atoms with van der Waals surface area (Å²) >= 11 is 0. The van der Waals surface area contributed by atoms with E-state index < -0.39 is 0 Å². The SMILES string of the molecule is CN1CCCC2c3c(O)cccc3OCC21.Cl. The minimum Gasteiger partial charge on any atom is -0.508 e. The number of aromatic hydroxyl groups is 1. The van der Waals surface area contributed by atoms with Crippen LogP contribution in [0.25, 0.3) is 0 Å². The van der Waals surface area contributed by atoms with E-state index in [1.807, 2.05) is 12.1 Å². The molecule has 2 aliphatic heterocycles. The highest BCUT2D eigenvalue weighted by Crippen LogP contribution is 2.44. The summed E-state index contributed by atoms with van der Waals surface area (Å²) in [4.78, 5) is 2.35. The maximum Gasteiger partial charge on any atom is 0.126 e. The molecule has 0 spiro atoms. The summed E-state index contributed by atoms with van der Waals surface area (Å²) in [6.45, 7) is 1.88. The van der Waals surface area contributed by atoms with Crippen LogP contribution in [0.5, 0.6) is 11.5 Å². The van der Waals surface area contributed by atoms with Gasteiger partial charge in [0.25, 0.3) is 0 Å². The molecular formula is C13H18ClNO2. The van der Waals surface area contributed by atoms with Crippen LogP contribution in [0.1, 0.15) is 24.3 Å². The van der Waals surface area contributed by atoms with Gasteiger partial charge in [-0.05, 0) is 38.6 Å². The van der Waals surface area contributed by atoms with Gasteiger partial charge < -0.3 is 9.84 Å². The number of phenols is 1. The third-order valence-electron chi connectivity index (χ3n) is 3.88. The zero-order valence-electron chi connectivity index (χ0n) is 9.93. The first kappa shape index (κ1) is 12.5. The Labute approximate surface area is 108 Å². The summed E-state index contributed by atoms with van der Waals surface area (Å²) in [7, 11) is 2.14. The molecule has 0 saturated carbocycles. The fourth-order valence-corrected chi connectivity index (χ4v) is 3.01. The lowest BCUT2D eigenvalue weighted by molar-refractivity contribution is 0.0853. The molecule has 0 aliphatic carbocycles. The minimum absolute atomic E-state index is 0. The molecule has 1 aromatic carbocycles. The molecule has 1 saturated heterocycles. The van der Waals surface area contributed by atoms with Crippen LogP contribution in [0, 0.1) is 0 Å². The van der Waals surface area contributed by atoms with Crippen molar-refractivity contribution < 1.29 is 9.84 Å². The van der Waals surface area contributed by atoms with Crippen LogP contribution in [0.2, 0.25) is 0 Å². The first-order valence-electron chi connectivity index (χ1n) is 5.92. The Morgan fingerprint density at radius 2 is 2.24 bits per heavy atom. The van der Waals surface area contributed by atoms with Gasteiger partial charge >= 0.3 is 0 Å². The maximum absolute atomic E-state index is 9.98. The van der Waals surface area contributed by atoms with Crippen molar-refractivity contribution >= 4 is 12.4 Å². The average molecular weight is 256 g/mol. The Hall–Kier alpha value is -0.930. The highest BCUT2D eigenvalue weighted by molar-refractivity contribution is 5.85. The van der Waals surface area contributed by atoms with Gasteiger partial charge in [0.05, 0.1) is 6.04 Å². The zero-order chi connectivity index (χ0) is 11.1. The molecule has 2 unspecified atom stereocenters. The van der Waals surface area contributed by atoms with Crippen LogP contribution < -0.4 is 4.74 Å². The van der Waals surface area contributed by atoms with Gasteiger partial charge in [0.15, 0.2) is 0 Å². The van der Waals surface area contributed by atoms with Gasteiger partial charge in [0, 0.05) is 11.5 Å². The van der Waals surface area contributed by atoms with E-state index in [-0.39, 0.29) is 12.4 Å². The number of halogens is 1. The zero-order valence-corrected chi connectivity index (χ0v) is 10.7. The predicted molar refractivity (Wildman–Crippen MR) is 69.2 cm³/mol. The van der Waals surface area contributed by atoms with Crippen molar-refractivity contribution in [1.82, 2.24) is 4.90 Å². The predicted octanol–water partition coefficient (Wildman–Crippen LogP) is 2.38. The van der Waals surface area contributed by atoms with Gasteiger partial charge in [0.1, 0.15) is 18.1 Å². The number of rotatable bonds is 0. The largest absolute Gasteiger partial charge is 0.508 e. The quantitative estimate of drug-likeness (QED) is 0.773. The number of likely N-dealkylation sites (tertiary alicyclic amines) is 1. The first-order chi connectivity index (χ1) is 7.77. The lowest BCUT2D eigenvalue weighted by Crippen LogP contribution is -2.47. The van der Waals surface area contributed by atoms with Crippen molar-refractivity contribution in [2.45, 2.75) is 24.8 Å². The lowest BCUT2D eigenvalue weighted by atomic mass is 9.81. The molecule has 2 aliphatic rings. The number of phenolic OH excluding ortho intramolecular Hbond substituents is 1. The highest BCUT2D eigenvalue weighted by atomic mass is 35.5. The average Bonchev–Trinajstić information content (AvgIpc) is 2.29. The highest BCUT2D eigenvalue weighted by Gasteiger charge is 2.37. The van der Waals surface area contributed by atoms with Crippen LogP contribution in [-0.2, 0) is 0 Å². The Bertz CT molecular complexity index is 410. The number of piperidine rings is 1. The molecule has 0 amide bonds. The molecule has 0 bridgehead atoms. The van der Waals surface area contributed by atoms with Gasteiger partial charge in [0.2, 0.25) is 0 Å². The van der Waals surface area contributed by atoms with Gasteiger partial charge in [-0.2, -0.15) is 0 Å². The summed E-state index contributed by atoms with van der Waals surface area (Å²) in [6.07, 6.45) is 2.36. The molecule has 1 N–H and O–H groups in total. The Morgan fingerprint density at radius 3 is 3.06 bits per heavy atom. The Morgan fingerprint density at radius 1 is 1.41 bits per heavy atom. The second-order valence-corrected chi connectivity index (χ2v) is 4.80. The number of ether oxygens (including phenoxy) is 1. The van der Waals surface area contributed by atoms with E-state index in [0.29, 0.717) is 17.7 Å². The Kier molecular flexibility index (Phi) is 3.50. The number of fused-ring (bicyclic) bond motifs is 3. The van der Waals surface area contributed by atoms with E-state index in [0.717, 1.165) is 30.9 Å². The molecule has 2 atom stereocenters. The Balaban J connectivity index is 0.00000108. The van der Waals surface area contributed by atoms with Crippen molar-refractivity contribution in [2.75, 3.05) is 20.2 Å². The van der Waals surface area contributed by atoms with Crippen LogP contribution in [-0.4, -0.2) is 36.2 Å². The molecule has 3 nitrogen and oxygen atoms in total. The number of likely N-dealkylation sites (N-methyl/N-ethyl adjacent to an activating group) is 1. The van der Waals surface area contributed by atoms with Gasteiger partial charge in [-0.15, -0.1) is 12.4 Å². The standard InChI is InChI=1S/C13H17NO2.ClH/c1-14-7-3-4-9-10(14)8-16-12-6-2-5-11(15)13(9)12;/h2,5-6,9-10,15H,3-4,7-8H2,1H3;1H. The van der Waals surface area contributed by atoms with E-state index in [4.69, 9.17) is 4.74 Å². The maximum atomic E-state index is 9.98. The summed E-state index contributed by atoms with van der Waals surface area (Å²) in [5.74, 6) is 1.70. The van der Waals surface area contributed by atoms with Crippen molar-refractivity contribution in [3.63, 3.8) is 0 Å². The fourth-order valence-electron chi connectivity index (χ4n) is 3.01. The molecule has 3 rings (SSSR count). The van der Waals surface area contributed by atoms with Crippen LogP contribution >= 0.6 is 12.4 Å². The minimum atomic E-state index is 0. The van der Waals surface area contributed by atoms with Gasteiger partial charge in [-0.3, -0.25) is 4.90 Å². The van der Waals surface area contributed by atoms with Crippen molar-refractivity contribution in [1.29, 1.82) is 0 Å². The number of hydrogen-bond acceptors (Lipinski definition) is 3. The third kappa shape index (κ3) is 1.98. The van der Waals surface area contributed by atoms with E-state index in [2.05, 4.69) is 11.9 Å². The molecule has 94 valence electrons. The topological polar surface area (TPSA) is 32.7 Å². The number of benzene rings is 1. The van der Waals surface area contributed by atoms with Crippen molar-refractivity contribution in [2.24, 2.45) is 0 Å². The lowest BCUT2D eigenvalue weighted by Gasteiger charge is -2.42. The molecule has 1 fully saturated rings. The molecule has 1 aromatic rings.